The monoisotopic (exact) mass is 174 g/mol. The van der Waals surface area contributed by atoms with Gasteiger partial charge in [-0.15, -0.1) is 0 Å². The van der Waals surface area contributed by atoms with Gasteiger partial charge in [0.2, 0.25) is 0 Å². The molecule has 0 atom stereocenters. The summed E-state index contributed by atoms with van der Waals surface area (Å²) in [4.78, 5) is 4.07. The van der Waals surface area contributed by atoms with Gasteiger partial charge in [-0.2, -0.15) is 0 Å². The molecule has 0 fully saturated rings. The topological polar surface area (TPSA) is 38.4 Å². The van der Waals surface area contributed by atoms with Gasteiger partial charge in [-0.1, -0.05) is 18.2 Å². The van der Waals surface area contributed by atoms with Crippen LogP contribution in [0.25, 0.3) is 0 Å². The van der Waals surface area contributed by atoms with Crippen LogP contribution in [0.3, 0.4) is 0 Å². The summed E-state index contributed by atoms with van der Waals surface area (Å²) in [5.41, 5.74) is 8.69. The number of allylic oxidation sites excluding steroid dienone is 1. The van der Waals surface area contributed by atoms with Crippen LogP contribution in [0.15, 0.2) is 35.5 Å². The third kappa shape index (κ3) is 2.75. The standard InChI is InChI=1S/C11H14N2/c1-3-6-13-8-10-5-4-9(2)7-11(10)12/h3-8H,12H2,1-2H3/b6-3-,13-8?. The van der Waals surface area contributed by atoms with Crippen LogP contribution >= 0.6 is 0 Å². The van der Waals surface area contributed by atoms with E-state index < -0.39 is 0 Å². The molecular formula is C11H14N2. The molecule has 0 saturated heterocycles. The predicted molar refractivity (Wildman–Crippen MR) is 58.0 cm³/mol. The Morgan fingerprint density at radius 3 is 2.77 bits per heavy atom. The number of anilines is 1. The van der Waals surface area contributed by atoms with Gasteiger partial charge in [-0.05, 0) is 25.5 Å². The van der Waals surface area contributed by atoms with Crippen LogP contribution in [0.5, 0.6) is 0 Å². The van der Waals surface area contributed by atoms with Gasteiger partial charge < -0.3 is 5.73 Å². The van der Waals surface area contributed by atoms with E-state index in [1.807, 2.05) is 38.1 Å². The predicted octanol–water partition coefficient (Wildman–Crippen LogP) is 2.53. The molecule has 0 spiro atoms. The first-order valence-electron chi connectivity index (χ1n) is 4.24. The molecule has 0 aliphatic rings. The molecule has 1 rings (SSSR count). The molecule has 0 aliphatic carbocycles. The van der Waals surface area contributed by atoms with Crippen molar-refractivity contribution in [3.05, 3.63) is 41.6 Å². The average Bonchev–Trinajstić information content (AvgIpc) is 2.09. The third-order valence-corrected chi connectivity index (χ3v) is 1.69. The largest absolute Gasteiger partial charge is 0.398 e. The highest BCUT2D eigenvalue weighted by Gasteiger charge is 1.94. The lowest BCUT2D eigenvalue weighted by atomic mass is 10.1. The van der Waals surface area contributed by atoms with Crippen molar-refractivity contribution in [3.8, 4) is 0 Å². The van der Waals surface area contributed by atoms with E-state index in [0.717, 1.165) is 11.3 Å². The molecule has 0 aliphatic heterocycles. The summed E-state index contributed by atoms with van der Waals surface area (Å²) < 4.78 is 0. The van der Waals surface area contributed by atoms with E-state index >= 15 is 0 Å². The number of aryl methyl sites for hydroxylation is 1. The summed E-state index contributed by atoms with van der Waals surface area (Å²) >= 11 is 0. The Morgan fingerprint density at radius 2 is 2.15 bits per heavy atom. The molecule has 0 amide bonds. The molecule has 13 heavy (non-hydrogen) atoms. The Balaban J connectivity index is 2.89. The molecule has 1 aromatic rings. The first-order chi connectivity index (χ1) is 6.24. The van der Waals surface area contributed by atoms with Gasteiger partial charge in [0.05, 0.1) is 0 Å². The molecule has 0 saturated carbocycles. The second kappa shape index (κ2) is 4.45. The van der Waals surface area contributed by atoms with Gasteiger partial charge in [0.1, 0.15) is 0 Å². The van der Waals surface area contributed by atoms with Gasteiger partial charge in [-0.25, -0.2) is 0 Å². The summed E-state index contributed by atoms with van der Waals surface area (Å²) in [5, 5.41) is 0. The number of aliphatic imine (C=N–C) groups is 1. The molecule has 0 aromatic heterocycles. The number of hydrogen-bond donors (Lipinski definition) is 1. The van der Waals surface area contributed by atoms with Crippen molar-refractivity contribution in [2.75, 3.05) is 5.73 Å². The van der Waals surface area contributed by atoms with Crippen molar-refractivity contribution in [2.45, 2.75) is 13.8 Å². The summed E-state index contributed by atoms with van der Waals surface area (Å²) in [7, 11) is 0. The number of benzene rings is 1. The fraction of sp³-hybridized carbons (Fsp3) is 0.182. The second-order valence-corrected chi connectivity index (χ2v) is 2.89. The van der Waals surface area contributed by atoms with Crippen LogP contribution in [-0.2, 0) is 0 Å². The maximum Gasteiger partial charge on any atom is 0.0405 e. The summed E-state index contributed by atoms with van der Waals surface area (Å²) in [6.45, 7) is 3.94. The van der Waals surface area contributed by atoms with E-state index in [2.05, 4.69) is 4.99 Å². The van der Waals surface area contributed by atoms with Crippen LogP contribution in [0.4, 0.5) is 5.69 Å². The zero-order valence-corrected chi connectivity index (χ0v) is 7.99. The van der Waals surface area contributed by atoms with E-state index in [1.165, 1.54) is 5.56 Å². The van der Waals surface area contributed by atoms with Crippen molar-refractivity contribution < 1.29 is 0 Å². The second-order valence-electron chi connectivity index (χ2n) is 2.89. The minimum Gasteiger partial charge on any atom is -0.398 e. The van der Waals surface area contributed by atoms with Crippen LogP contribution in [0.1, 0.15) is 18.1 Å². The molecule has 0 heterocycles. The highest BCUT2D eigenvalue weighted by atomic mass is 14.7. The van der Waals surface area contributed by atoms with Crippen LogP contribution in [0, 0.1) is 6.92 Å². The molecule has 2 nitrogen and oxygen atoms in total. The molecule has 1 aromatic carbocycles. The van der Waals surface area contributed by atoms with Crippen molar-refractivity contribution in [2.24, 2.45) is 4.99 Å². The van der Waals surface area contributed by atoms with Crippen molar-refractivity contribution in [1.29, 1.82) is 0 Å². The van der Waals surface area contributed by atoms with E-state index in [4.69, 9.17) is 5.73 Å². The lowest BCUT2D eigenvalue weighted by Crippen LogP contribution is -1.93. The van der Waals surface area contributed by atoms with Crippen molar-refractivity contribution in [3.63, 3.8) is 0 Å². The normalized spacial score (nSPS) is 11.5. The Kier molecular flexibility index (Phi) is 3.26. The number of rotatable bonds is 2. The van der Waals surface area contributed by atoms with Gasteiger partial charge in [-0.3, -0.25) is 4.99 Å². The molecule has 68 valence electrons. The van der Waals surface area contributed by atoms with Crippen LogP contribution < -0.4 is 5.73 Å². The minimum atomic E-state index is 0.772. The molecule has 0 radical (unpaired) electrons. The Bertz CT molecular complexity index is 338. The number of nitrogens with two attached hydrogens (primary N) is 1. The van der Waals surface area contributed by atoms with Gasteiger partial charge in [0.15, 0.2) is 0 Å². The number of hydrogen-bond acceptors (Lipinski definition) is 2. The van der Waals surface area contributed by atoms with E-state index in [0.29, 0.717) is 0 Å². The average molecular weight is 174 g/mol. The smallest absolute Gasteiger partial charge is 0.0405 e. The molecule has 2 N–H and O–H groups in total. The quantitative estimate of drug-likeness (QED) is 0.543. The molecule has 0 unspecified atom stereocenters. The van der Waals surface area contributed by atoms with E-state index in [1.54, 1.807) is 12.4 Å². The van der Waals surface area contributed by atoms with E-state index in [9.17, 15) is 0 Å². The lowest BCUT2D eigenvalue weighted by Gasteiger charge is -1.99. The van der Waals surface area contributed by atoms with Gasteiger partial charge in [0.25, 0.3) is 0 Å². The van der Waals surface area contributed by atoms with E-state index in [-0.39, 0.29) is 0 Å². The highest BCUT2D eigenvalue weighted by molar-refractivity contribution is 5.87. The number of nitrogen functional groups attached to an aromatic ring is 1. The maximum atomic E-state index is 5.79. The zero-order chi connectivity index (χ0) is 9.68. The van der Waals surface area contributed by atoms with Crippen LogP contribution in [0.2, 0.25) is 0 Å². The lowest BCUT2D eigenvalue weighted by molar-refractivity contribution is 1.46. The Labute approximate surface area is 78.8 Å². The van der Waals surface area contributed by atoms with Crippen LogP contribution in [-0.4, -0.2) is 6.21 Å². The maximum absolute atomic E-state index is 5.79. The Hall–Kier alpha value is -1.57. The first kappa shape index (κ1) is 9.52. The minimum absolute atomic E-state index is 0.772. The fourth-order valence-corrected chi connectivity index (χ4v) is 1.02. The fourth-order valence-electron chi connectivity index (χ4n) is 1.02. The zero-order valence-electron chi connectivity index (χ0n) is 7.99. The number of nitrogens with zero attached hydrogens (tertiary/aromatic N) is 1. The molecule has 0 bridgehead atoms. The van der Waals surface area contributed by atoms with Crippen molar-refractivity contribution >= 4 is 11.9 Å². The highest BCUT2D eigenvalue weighted by Crippen LogP contribution is 2.11. The molecular weight excluding hydrogens is 160 g/mol. The van der Waals surface area contributed by atoms with Crippen molar-refractivity contribution in [1.82, 2.24) is 0 Å². The third-order valence-electron chi connectivity index (χ3n) is 1.69. The summed E-state index contributed by atoms with van der Waals surface area (Å²) in [6, 6.07) is 5.93. The molecule has 2 heteroatoms. The van der Waals surface area contributed by atoms with Gasteiger partial charge in [0, 0.05) is 23.7 Å². The first-order valence-corrected chi connectivity index (χ1v) is 4.24. The summed E-state index contributed by atoms with van der Waals surface area (Å²) in [6.07, 6.45) is 5.37. The summed E-state index contributed by atoms with van der Waals surface area (Å²) in [5.74, 6) is 0. The SMILES string of the molecule is C/C=C\N=Cc1ccc(C)cc1N. The van der Waals surface area contributed by atoms with Gasteiger partial charge >= 0.3 is 0 Å². The Morgan fingerprint density at radius 1 is 1.38 bits per heavy atom.